The quantitative estimate of drug-likeness (QED) is 0.796. The predicted octanol–water partition coefficient (Wildman–Crippen LogP) is 2.48. The Morgan fingerprint density at radius 3 is 2.36 bits per heavy atom. The monoisotopic (exact) mass is 346 g/mol. The number of nitrogens with one attached hydrogen (secondary N) is 1. The lowest BCUT2D eigenvalue weighted by Gasteiger charge is -2.29. The second kappa shape index (κ2) is 9.50. The summed E-state index contributed by atoms with van der Waals surface area (Å²) in [5, 5.41) is 0. The summed E-state index contributed by atoms with van der Waals surface area (Å²) in [6, 6.07) is 9.60. The molecule has 0 radical (unpaired) electrons. The number of aryl methyl sites for hydroxylation is 1. The molecule has 1 aliphatic rings. The highest BCUT2D eigenvalue weighted by Gasteiger charge is 2.26. The van der Waals surface area contributed by atoms with Gasteiger partial charge in [-0.2, -0.15) is 0 Å². The maximum Gasteiger partial charge on any atom is 0.212 e. The molecule has 0 spiro atoms. The zero-order valence-electron chi connectivity index (χ0n) is 12.9. The molecule has 4 nitrogen and oxygen atoms in total. The zero-order valence-corrected chi connectivity index (χ0v) is 14.5. The molecule has 2 rings (SSSR count). The Morgan fingerprint density at radius 2 is 1.77 bits per heavy atom. The molecule has 1 aromatic carbocycles. The zero-order chi connectivity index (χ0) is 15.1. The molecule has 1 unspecified atom stereocenters. The highest BCUT2D eigenvalue weighted by molar-refractivity contribution is 7.89. The third-order valence-corrected chi connectivity index (χ3v) is 5.71. The Labute approximate surface area is 140 Å². The normalized spacial score (nSPS) is 17.7. The van der Waals surface area contributed by atoms with Gasteiger partial charge >= 0.3 is 0 Å². The maximum atomic E-state index is 12.2. The van der Waals surface area contributed by atoms with Crippen molar-refractivity contribution >= 4 is 22.4 Å². The molecule has 126 valence electrons. The van der Waals surface area contributed by atoms with Gasteiger partial charge in [-0.15, -0.1) is 12.4 Å². The Hall–Kier alpha value is -0.620. The molecular formula is C16H27ClN2O2S. The van der Waals surface area contributed by atoms with Gasteiger partial charge in [0.2, 0.25) is 10.0 Å². The van der Waals surface area contributed by atoms with Crippen LogP contribution < -0.4 is 10.5 Å². The molecule has 1 aliphatic carbocycles. The average molecular weight is 347 g/mol. The first-order chi connectivity index (χ1) is 10.1. The summed E-state index contributed by atoms with van der Waals surface area (Å²) in [6.07, 6.45) is 6.35. The van der Waals surface area contributed by atoms with E-state index in [-0.39, 0.29) is 24.2 Å². The van der Waals surface area contributed by atoms with E-state index in [1.54, 1.807) is 0 Å². The van der Waals surface area contributed by atoms with E-state index >= 15 is 0 Å². The van der Waals surface area contributed by atoms with Crippen molar-refractivity contribution in [1.82, 2.24) is 4.72 Å². The summed E-state index contributed by atoms with van der Waals surface area (Å²) >= 11 is 0. The van der Waals surface area contributed by atoms with E-state index in [0.717, 1.165) is 18.4 Å². The SMILES string of the molecule is Cl.NCC(NS(=O)(=O)CCc1ccccc1)C1CCCCC1. The molecule has 0 bridgehead atoms. The molecule has 0 aromatic heterocycles. The third-order valence-electron chi connectivity index (χ3n) is 4.31. The van der Waals surface area contributed by atoms with Crippen LogP contribution >= 0.6 is 12.4 Å². The van der Waals surface area contributed by atoms with Gasteiger partial charge in [-0.05, 0) is 30.7 Å². The molecule has 1 aromatic rings. The first-order valence-electron chi connectivity index (χ1n) is 7.85. The molecule has 0 heterocycles. The highest BCUT2D eigenvalue weighted by Crippen LogP contribution is 2.26. The van der Waals surface area contributed by atoms with Crippen LogP contribution in [0, 0.1) is 5.92 Å². The van der Waals surface area contributed by atoms with Crippen molar-refractivity contribution in [2.24, 2.45) is 11.7 Å². The van der Waals surface area contributed by atoms with Crippen molar-refractivity contribution in [2.75, 3.05) is 12.3 Å². The summed E-state index contributed by atoms with van der Waals surface area (Å²) < 4.78 is 27.3. The maximum absolute atomic E-state index is 12.2. The van der Waals surface area contributed by atoms with Gasteiger partial charge in [0, 0.05) is 12.6 Å². The number of hydrogen-bond acceptors (Lipinski definition) is 3. The second-order valence-corrected chi connectivity index (χ2v) is 7.79. The van der Waals surface area contributed by atoms with Crippen LogP contribution in [0.15, 0.2) is 30.3 Å². The fourth-order valence-electron chi connectivity index (χ4n) is 3.06. The molecule has 0 amide bonds. The van der Waals surface area contributed by atoms with E-state index in [9.17, 15) is 8.42 Å². The van der Waals surface area contributed by atoms with Crippen LogP contribution in [0.2, 0.25) is 0 Å². The van der Waals surface area contributed by atoms with Crippen molar-refractivity contribution in [3.05, 3.63) is 35.9 Å². The summed E-state index contributed by atoms with van der Waals surface area (Å²) in [4.78, 5) is 0. The van der Waals surface area contributed by atoms with E-state index in [4.69, 9.17) is 5.73 Å². The molecular weight excluding hydrogens is 320 g/mol. The Balaban J connectivity index is 0.00000242. The van der Waals surface area contributed by atoms with Gasteiger partial charge in [-0.25, -0.2) is 13.1 Å². The number of rotatable bonds is 7. The predicted molar refractivity (Wildman–Crippen MR) is 93.7 cm³/mol. The number of hydrogen-bond donors (Lipinski definition) is 2. The lowest BCUT2D eigenvalue weighted by atomic mass is 9.84. The molecule has 0 saturated heterocycles. The highest BCUT2D eigenvalue weighted by atomic mass is 35.5. The van der Waals surface area contributed by atoms with Crippen molar-refractivity contribution in [2.45, 2.75) is 44.6 Å². The Morgan fingerprint density at radius 1 is 1.14 bits per heavy atom. The van der Waals surface area contributed by atoms with Gasteiger partial charge in [-0.1, -0.05) is 49.6 Å². The fraction of sp³-hybridized carbons (Fsp3) is 0.625. The van der Waals surface area contributed by atoms with E-state index in [1.807, 2.05) is 30.3 Å². The minimum absolute atomic E-state index is 0. The minimum atomic E-state index is -3.27. The second-order valence-electron chi connectivity index (χ2n) is 5.91. The van der Waals surface area contributed by atoms with E-state index in [0.29, 0.717) is 18.9 Å². The van der Waals surface area contributed by atoms with E-state index in [1.165, 1.54) is 19.3 Å². The molecule has 6 heteroatoms. The Kier molecular flexibility index (Phi) is 8.39. The minimum Gasteiger partial charge on any atom is -0.329 e. The van der Waals surface area contributed by atoms with Gasteiger partial charge in [0.1, 0.15) is 0 Å². The molecule has 1 saturated carbocycles. The van der Waals surface area contributed by atoms with E-state index in [2.05, 4.69) is 4.72 Å². The molecule has 1 fully saturated rings. The van der Waals surface area contributed by atoms with Crippen LogP contribution in [-0.2, 0) is 16.4 Å². The third kappa shape index (κ3) is 6.24. The van der Waals surface area contributed by atoms with Gasteiger partial charge in [0.15, 0.2) is 0 Å². The van der Waals surface area contributed by atoms with Gasteiger partial charge < -0.3 is 5.73 Å². The van der Waals surface area contributed by atoms with E-state index < -0.39 is 10.0 Å². The molecule has 1 atom stereocenters. The lowest BCUT2D eigenvalue weighted by Crippen LogP contribution is -2.46. The first-order valence-corrected chi connectivity index (χ1v) is 9.50. The van der Waals surface area contributed by atoms with Crippen LogP contribution in [0.5, 0.6) is 0 Å². The van der Waals surface area contributed by atoms with Crippen molar-refractivity contribution in [1.29, 1.82) is 0 Å². The topological polar surface area (TPSA) is 72.2 Å². The Bertz CT molecular complexity index is 516. The largest absolute Gasteiger partial charge is 0.329 e. The van der Waals surface area contributed by atoms with Crippen LogP contribution in [0.4, 0.5) is 0 Å². The number of halogens is 1. The summed E-state index contributed by atoms with van der Waals surface area (Å²) in [5.74, 6) is 0.524. The molecule has 3 N–H and O–H groups in total. The summed E-state index contributed by atoms with van der Waals surface area (Å²) in [5.41, 5.74) is 6.84. The number of benzene rings is 1. The summed E-state index contributed by atoms with van der Waals surface area (Å²) in [7, 11) is -3.27. The van der Waals surface area contributed by atoms with Gasteiger partial charge in [0.05, 0.1) is 5.75 Å². The standard InChI is InChI=1S/C16H26N2O2S.ClH/c17-13-16(15-9-5-2-6-10-15)18-21(19,20)12-11-14-7-3-1-4-8-14;/h1,3-4,7-8,15-16,18H,2,5-6,9-13,17H2;1H. The molecule has 22 heavy (non-hydrogen) atoms. The fourth-order valence-corrected chi connectivity index (χ4v) is 4.43. The van der Waals surface area contributed by atoms with Crippen molar-refractivity contribution in [3.8, 4) is 0 Å². The van der Waals surface area contributed by atoms with Crippen molar-refractivity contribution in [3.63, 3.8) is 0 Å². The van der Waals surface area contributed by atoms with Crippen LogP contribution in [-0.4, -0.2) is 26.8 Å². The van der Waals surface area contributed by atoms with Gasteiger partial charge in [-0.3, -0.25) is 0 Å². The van der Waals surface area contributed by atoms with Crippen LogP contribution in [0.25, 0.3) is 0 Å². The lowest BCUT2D eigenvalue weighted by molar-refractivity contribution is 0.294. The van der Waals surface area contributed by atoms with Crippen molar-refractivity contribution < 1.29 is 8.42 Å². The van der Waals surface area contributed by atoms with Crippen LogP contribution in [0.3, 0.4) is 0 Å². The smallest absolute Gasteiger partial charge is 0.212 e. The van der Waals surface area contributed by atoms with Gasteiger partial charge in [0.25, 0.3) is 0 Å². The number of nitrogens with two attached hydrogens (primary N) is 1. The van der Waals surface area contributed by atoms with Crippen LogP contribution in [0.1, 0.15) is 37.7 Å². The molecule has 0 aliphatic heterocycles. The first kappa shape index (κ1) is 19.4. The average Bonchev–Trinajstić information content (AvgIpc) is 2.53. The summed E-state index contributed by atoms with van der Waals surface area (Å²) in [6.45, 7) is 0.384. The number of sulfonamides is 1.